The summed E-state index contributed by atoms with van der Waals surface area (Å²) in [5.41, 5.74) is 3.67. The van der Waals surface area contributed by atoms with Crippen LogP contribution in [0.15, 0.2) is 42.5 Å². The molecule has 1 amide bonds. The lowest BCUT2D eigenvalue weighted by atomic mass is 9.85. The Hall–Kier alpha value is -3.17. The molecular formula is C29H38N2O4. The first kappa shape index (κ1) is 28.1. The number of nitriles is 1. The molecule has 0 saturated heterocycles. The summed E-state index contributed by atoms with van der Waals surface area (Å²) in [5, 5.41) is 23.2. The van der Waals surface area contributed by atoms with Crippen LogP contribution in [0.25, 0.3) is 0 Å². The maximum atomic E-state index is 13.0. The van der Waals surface area contributed by atoms with Gasteiger partial charge in [0.15, 0.2) is 0 Å². The molecule has 6 heteroatoms. The Balaban J connectivity index is 2.06. The maximum absolute atomic E-state index is 13.0. The van der Waals surface area contributed by atoms with Crippen molar-refractivity contribution in [2.45, 2.75) is 78.9 Å². The summed E-state index contributed by atoms with van der Waals surface area (Å²) in [4.78, 5) is 25.6. The normalized spacial score (nSPS) is 13.4. The highest BCUT2D eigenvalue weighted by molar-refractivity contribution is 5.94. The van der Waals surface area contributed by atoms with Crippen molar-refractivity contribution in [1.29, 1.82) is 5.26 Å². The molecule has 6 nitrogen and oxygen atoms in total. The average Bonchev–Trinajstić information content (AvgIpc) is 2.86. The molecule has 0 radical (unpaired) electrons. The first-order chi connectivity index (χ1) is 16.8. The molecule has 2 N–H and O–H groups in total. The second kappa shape index (κ2) is 14.3. The zero-order valence-electron chi connectivity index (χ0n) is 21.3. The summed E-state index contributed by atoms with van der Waals surface area (Å²) >= 11 is 0. The lowest BCUT2D eigenvalue weighted by molar-refractivity contribution is -0.148. The number of benzene rings is 2. The topological polar surface area (TPSA) is 99.4 Å². The predicted molar refractivity (Wildman–Crippen MR) is 138 cm³/mol. The van der Waals surface area contributed by atoms with Crippen LogP contribution >= 0.6 is 0 Å². The van der Waals surface area contributed by atoms with Crippen molar-refractivity contribution in [1.82, 2.24) is 0 Å². The second-order valence-electron chi connectivity index (χ2n) is 9.33. The number of hydrogen-bond donors (Lipinski definition) is 2. The molecule has 2 unspecified atom stereocenters. The number of nitrogens with one attached hydrogen (secondary N) is 1. The molecule has 2 aromatic carbocycles. The second-order valence-corrected chi connectivity index (χ2v) is 9.33. The third-order valence-corrected chi connectivity index (χ3v) is 6.42. The number of amides is 1. The van der Waals surface area contributed by atoms with Crippen LogP contribution in [0.3, 0.4) is 0 Å². The number of ether oxygens (including phenoxy) is 1. The zero-order chi connectivity index (χ0) is 25.8. The molecular weight excluding hydrogens is 440 g/mol. The first-order valence-electron chi connectivity index (χ1n) is 12.5. The van der Waals surface area contributed by atoms with Gasteiger partial charge < -0.3 is 15.2 Å². The van der Waals surface area contributed by atoms with Gasteiger partial charge in [0.1, 0.15) is 6.61 Å². The fourth-order valence-electron chi connectivity index (χ4n) is 4.26. The number of aryl methyl sites for hydroxylation is 2. The monoisotopic (exact) mass is 478 g/mol. The van der Waals surface area contributed by atoms with Crippen LogP contribution in [0.1, 0.15) is 74.6 Å². The largest absolute Gasteiger partial charge is 0.461 e. The maximum Gasteiger partial charge on any atom is 0.306 e. The van der Waals surface area contributed by atoms with Crippen LogP contribution in [0, 0.1) is 37.0 Å². The van der Waals surface area contributed by atoms with E-state index in [0.29, 0.717) is 17.7 Å². The van der Waals surface area contributed by atoms with Crippen LogP contribution in [0.2, 0.25) is 0 Å². The third kappa shape index (κ3) is 8.84. The van der Waals surface area contributed by atoms with Crippen LogP contribution in [0.4, 0.5) is 5.69 Å². The number of esters is 1. The molecule has 0 aliphatic carbocycles. The summed E-state index contributed by atoms with van der Waals surface area (Å²) in [6, 6.07) is 15.0. The van der Waals surface area contributed by atoms with Crippen LogP contribution < -0.4 is 5.32 Å². The summed E-state index contributed by atoms with van der Waals surface area (Å²) in [7, 11) is 0. The van der Waals surface area contributed by atoms with Gasteiger partial charge in [-0.3, -0.25) is 9.59 Å². The van der Waals surface area contributed by atoms with Gasteiger partial charge in [0.2, 0.25) is 5.91 Å². The molecule has 0 fully saturated rings. The number of rotatable bonds is 13. The fourth-order valence-corrected chi connectivity index (χ4v) is 4.26. The van der Waals surface area contributed by atoms with Crippen molar-refractivity contribution < 1.29 is 19.4 Å². The smallest absolute Gasteiger partial charge is 0.306 e. The molecule has 0 heterocycles. The highest BCUT2D eigenvalue weighted by Gasteiger charge is 2.31. The van der Waals surface area contributed by atoms with Gasteiger partial charge in [0.25, 0.3) is 0 Å². The van der Waals surface area contributed by atoms with Crippen molar-refractivity contribution in [3.63, 3.8) is 0 Å². The van der Waals surface area contributed by atoms with Crippen molar-refractivity contribution in [2.24, 2.45) is 11.8 Å². The van der Waals surface area contributed by atoms with E-state index in [4.69, 9.17) is 10.00 Å². The summed E-state index contributed by atoms with van der Waals surface area (Å²) in [5.74, 6) is -1.79. The Bertz CT molecular complexity index is 990. The molecule has 2 aromatic rings. The van der Waals surface area contributed by atoms with Crippen LogP contribution in [-0.2, 0) is 20.9 Å². The zero-order valence-corrected chi connectivity index (χ0v) is 21.3. The van der Waals surface area contributed by atoms with Gasteiger partial charge in [-0.05, 0) is 55.0 Å². The standard InChI is InChI=1S/C29H38N2O4/c1-5-6-7-11-14-25(17-26(32)35-19-23-12-9-8-10-13-23)28(33)22(4)29(34)31-27-20(2)15-24(18-30)16-21(27)3/h8-10,12-13,15-16,22,25,28,33H,5-7,11,14,17,19H2,1-4H3,(H,31,34)/t22?,25?,28-/m1/s1. The van der Waals surface area contributed by atoms with E-state index in [0.717, 1.165) is 42.4 Å². The van der Waals surface area contributed by atoms with E-state index >= 15 is 0 Å². The Morgan fingerprint density at radius 1 is 1.09 bits per heavy atom. The average molecular weight is 479 g/mol. The number of hydrogen-bond acceptors (Lipinski definition) is 5. The molecule has 3 atom stereocenters. The summed E-state index contributed by atoms with van der Waals surface area (Å²) in [6.07, 6.45) is 3.80. The molecule has 0 spiro atoms. The number of carbonyl (C=O) groups excluding carboxylic acids is 2. The number of aliphatic hydroxyl groups is 1. The van der Waals surface area contributed by atoms with Crippen molar-refractivity contribution in [3.05, 3.63) is 64.7 Å². The quantitative estimate of drug-likeness (QED) is 0.279. The number of aliphatic hydroxyl groups excluding tert-OH is 1. The molecule has 0 aliphatic rings. The Labute approximate surface area is 209 Å². The van der Waals surface area contributed by atoms with Gasteiger partial charge in [-0.25, -0.2) is 0 Å². The molecule has 0 aromatic heterocycles. The third-order valence-electron chi connectivity index (χ3n) is 6.42. The number of anilines is 1. The Kier molecular flexibility index (Phi) is 11.5. The molecule has 35 heavy (non-hydrogen) atoms. The van der Waals surface area contributed by atoms with Crippen molar-refractivity contribution >= 4 is 17.6 Å². The molecule has 0 bridgehead atoms. The van der Waals surface area contributed by atoms with Gasteiger partial charge in [-0.15, -0.1) is 0 Å². The Morgan fingerprint density at radius 2 is 1.74 bits per heavy atom. The summed E-state index contributed by atoms with van der Waals surface area (Å²) < 4.78 is 5.45. The van der Waals surface area contributed by atoms with E-state index < -0.39 is 12.0 Å². The molecule has 0 saturated carbocycles. The van der Waals surface area contributed by atoms with E-state index in [2.05, 4.69) is 18.3 Å². The van der Waals surface area contributed by atoms with Gasteiger partial charge in [-0.2, -0.15) is 5.26 Å². The molecule has 2 rings (SSSR count). The Morgan fingerprint density at radius 3 is 2.34 bits per heavy atom. The van der Waals surface area contributed by atoms with E-state index in [9.17, 15) is 14.7 Å². The van der Waals surface area contributed by atoms with Crippen molar-refractivity contribution in [2.75, 3.05) is 5.32 Å². The fraction of sp³-hybridized carbons (Fsp3) is 0.483. The van der Waals surface area contributed by atoms with E-state index in [1.807, 2.05) is 44.2 Å². The van der Waals surface area contributed by atoms with Gasteiger partial charge >= 0.3 is 5.97 Å². The lowest BCUT2D eigenvalue weighted by Crippen LogP contribution is -2.37. The van der Waals surface area contributed by atoms with E-state index in [-0.39, 0.29) is 30.8 Å². The number of unbranched alkanes of at least 4 members (excludes halogenated alkanes) is 3. The number of carbonyl (C=O) groups is 2. The van der Waals surface area contributed by atoms with Crippen molar-refractivity contribution in [3.8, 4) is 6.07 Å². The minimum Gasteiger partial charge on any atom is -0.461 e. The predicted octanol–water partition coefficient (Wildman–Crippen LogP) is 5.83. The first-order valence-corrected chi connectivity index (χ1v) is 12.5. The van der Waals surface area contributed by atoms with Crippen LogP contribution in [-0.4, -0.2) is 23.1 Å². The molecule has 188 valence electrons. The van der Waals surface area contributed by atoms with Gasteiger partial charge in [0, 0.05) is 5.69 Å². The highest BCUT2D eigenvalue weighted by Crippen LogP contribution is 2.27. The minimum atomic E-state index is -0.986. The minimum absolute atomic E-state index is 0.0622. The molecule has 0 aliphatic heterocycles. The lowest BCUT2D eigenvalue weighted by Gasteiger charge is -2.27. The SMILES string of the molecule is CCCCCCC(CC(=O)OCc1ccccc1)[C@H](O)C(C)C(=O)Nc1c(C)cc(C#N)cc1C. The van der Waals surface area contributed by atoms with Crippen LogP contribution in [0.5, 0.6) is 0 Å². The highest BCUT2D eigenvalue weighted by atomic mass is 16.5. The summed E-state index contributed by atoms with van der Waals surface area (Å²) in [6.45, 7) is 7.68. The van der Waals surface area contributed by atoms with Gasteiger partial charge in [0.05, 0.1) is 30.1 Å². The number of nitrogens with zero attached hydrogens (tertiary/aromatic N) is 1. The van der Waals surface area contributed by atoms with E-state index in [1.165, 1.54) is 0 Å². The van der Waals surface area contributed by atoms with Gasteiger partial charge in [-0.1, -0.05) is 69.9 Å². The van der Waals surface area contributed by atoms with E-state index in [1.54, 1.807) is 19.1 Å².